The number of rotatable bonds is 8. The first-order valence-electron chi connectivity index (χ1n) is 11.0. The minimum atomic E-state index is -0.722. The fourth-order valence-corrected chi connectivity index (χ4v) is 3.99. The Hall–Kier alpha value is -2.74. The van der Waals surface area contributed by atoms with E-state index in [-0.39, 0.29) is 24.7 Å². The summed E-state index contributed by atoms with van der Waals surface area (Å²) in [5.74, 6) is -0.993. The second kappa shape index (κ2) is 10.3. The lowest BCUT2D eigenvalue weighted by Gasteiger charge is -2.39. The van der Waals surface area contributed by atoms with Gasteiger partial charge in [0.2, 0.25) is 0 Å². The molecule has 0 unspecified atom stereocenters. The van der Waals surface area contributed by atoms with Gasteiger partial charge in [0.1, 0.15) is 17.4 Å². The summed E-state index contributed by atoms with van der Waals surface area (Å²) in [5.41, 5.74) is 1.08. The molecule has 8 heteroatoms. The number of hydrogen-bond acceptors (Lipinski definition) is 3. The summed E-state index contributed by atoms with van der Waals surface area (Å²) < 4.78 is 47.0. The number of alkyl halides is 1. The van der Waals surface area contributed by atoms with E-state index in [1.54, 1.807) is 0 Å². The molecule has 0 radical (unpaired) electrons. The molecule has 2 N–H and O–H groups in total. The normalized spacial score (nSPS) is 20.6. The highest BCUT2D eigenvalue weighted by molar-refractivity contribution is 5.74. The van der Waals surface area contributed by atoms with Crippen LogP contribution in [0.15, 0.2) is 42.5 Å². The minimum absolute atomic E-state index is 0.0622. The molecule has 2 amide bonds. The molecule has 1 saturated carbocycles. The number of nitrogens with one attached hydrogen (secondary N) is 2. The molecule has 1 aliphatic carbocycles. The third kappa shape index (κ3) is 5.73. The molecule has 0 bridgehead atoms. The summed E-state index contributed by atoms with van der Waals surface area (Å²) in [6, 6.07) is 10.0. The van der Waals surface area contributed by atoms with E-state index in [0.717, 1.165) is 36.3 Å². The first-order chi connectivity index (χ1) is 15.5. The highest BCUT2D eigenvalue weighted by Crippen LogP contribution is 2.27. The van der Waals surface area contributed by atoms with Crippen LogP contribution in [0.5, 0.6) is 5.75 Å². The SMILES string of the molecule is O=C(NCc1ccc(OC2CC2)cc1)N(Cc1ccc(F)cc1F)[C@H]1CCNC[C@H]1CF. The molecule has 5 nitrogen and oxygen atoms in total. The van der Waals surface area contributed by atoms with Gasteiger partial charge in [0.05, 0.1) is 19.3 Å². The van der Waals surface area contributed by atoms with E-state index in [0.29, 0.717) is 25.6 Å². The summed E-state index contributed by atoms with van der Waals surface area (Å²) in [5, 5.41) is 6.01. The first-order valence-corrected chi connectivity index (χ1v) is 11.0. The number of nitrogens with zero attached hydrogens (tertiary/aromatic N) is 1. The van der Waals surface area contributed by atoms with Gasteiger partial charge in [-0.3, -0.25) is 4.39 Å². The Morgan fingerprint density at radius 3 is 2.59 bits per heavy atom. The Morgan fingerprint density at radius 1 is 1.12 bits per heavy atom. The third-order valence-electron chi connectivity index (χ3n) is 5.98. The van der Waals surface area contributed by atoms with E-state index in [2.05, 4.69) is 10.6 Å². The monoisotopic (exact) mass is 447 g/mol. The van der Waals surface area contributed by atoms with Gasteiger partial charge in [-0.1, -0.05) is 18.2 Å². The molecule has 1 saturated heterocycles. The van der Waals surface area contributed by atoms with Gasteiger partial charge in [0.25, 0.3) is 0 Å². The average molecular weight is 448 g/mol. The number of benzene rings is 2. The molecule has 2 aromatic rings. The lowest BCUT2D eigenvalue weighted by molar-refractivity contribution is 0.108. The Balaban J connectivity index is 1.45. The Kier molecular flexibility index (Phi) is 7.19. The molecule has 4 rings (SSSR count). The second-order valence-corrected chi connectivity index (χ2v) is 8.46. The maximum absolute atomic E-state index is 14.3. The Morgan fingerprint density at radius 2 is 1.91 bits per heavy atom. The molecular weight excluding hydrogens is 419 g/mol. The van der Waals surface area contributed by atoms with Crippen LogP contribution in [0, 0.1) is 17.6 Å². The topological polar surface area (TPSA) is 53.6 Å². The predicted octanol–water partition coefficient (Wildman–Crippen LogP) is 4.17. The van der Waals surface area contributed by atoms with E-state index in [4.69, 9.17) is 4.74 Å². The van der Waals surface area contributed by atoms with Gasteiger partial charge in [0.15, 0.2) is 0 Å². The first kappa shape index (κ1) is 22.5. The Labute approximate surface area is 185 Å². The summed E-state index contributed by atoms with van der Waals surface area (Å²) in [7, 11) is 0. The van der Waals surface area contributed by atoms with Crippen molar-refractivity contribution >= 4 is 6.03 Å². The standard InChI is InChI=1S/C24H28F3N3O2/c25-12-18-14-28-10-9-23(18)30(15-17-3-4-19(26)11-22(17)27)24(31)29-13-16-1-5-20(6-2-16)32-21-7-8-21/h1-6,11,18,21,23,28H,7-10,12-15H2,(H,29,31)/t18-,23+/m1/s1. The molecular formula is C24H28F3N3O2. The number of carbonyl (C=O) groups excluding carboxylic acids is 1. The molecule has 0 spiro atoms. The zero-order chi connectivity index (χ0) is 22.5. The van der Waals surface area contributed by atoms with Gasteiger partial charge in [-0.05, 0) is 49.6 Å². The minimum Gasteiger partial charge on any atom is -0.490 e. The van der Waals surface area contributed by atoms with Crippen LogP contribution in [0.2, 0.25) is 0 Å². The van der Waals surface area contributed by atoms with Crippen LogP contribution in [0.25, 0.3) is 0 Å². The van der Waals surface area contributed by atoms with Crippen LogP contribution in [-0.2, 0) is 13.1 Å². The van der Waals surface area contributed by atoms with Crippen LogP contribution in [0.3, 0.4) is 0 Å². The smallest absolute Gasteiger partial charge is 0.318 e. The third-order valence-corrected chi connectivity index (χ3v) is 5.98. The zero-order valence-corrected chi connectivity index (χ0v) is 17.8. The molecule has 0 aromatic heterocycles. The molecule has 2 atom stereocenters. The molecule has 1 aliphatic heterocycles. The molecule has 32 heavy (non-hydrogen) atoms. The van der Waals surface area contributed by atoms with Gasteiger partial charge in [0, 0.05) is 36.7 Å². The predicted molar refractivity (Wildman–Crippen MR) is 115 cm³/mol. The van der Waals surface area contributed by atoms with Crippen molar-refractivity contribution in [3.63, 3.8) is 0 Å². The summed E-state index contributed by atoms with van der Waals surface area (Å²) in [6.45, 7) is 0.706. The van der Waals surface area contributed by atoms with Crippen molar-refractivity contribution in [1.29, 1.82) is 0 Å². The largest absolute Gasteiger partial charge is 0.490 e. The molecule has 172 valence electrons. The van der Waals surface area contributed by atoms with E-state index >= 15 is 0 Å². The van der Waals surface area contributed by atoms with E-state index < -0.39 is 30.3 Å². The average Bonchev–Trinajstić information content (AvgIpc) is 3.62. The lowest BCUT2D eigenvalue weighted by Crippen LogP contribution is -2.54. The highest BCUT2D eigenvalue weighted by atomic mass is 19.1. The van der Waals surface area contributed by atoms with Gasteiger partial charge in [-0.2, -0.15) is 0 Å². The van der Waals surface area contributed by atoms with E-state index in [1.165, 1.54) is 11.0 Å². The number of piperidine rings is 1. The van der Waals surface area contributed by atoms with Crippen LogP contribution < -0.4 is 15.4 Å². The fraction of sp³-hybridized carbons (Fsp3) is 0.458. The number of amides is 2. The number of hydrogen-bond donors (Lipinski definition) is 2. The quantitative estimate of drug-likeness (QED) is 0.639. The summed E-state index contributed by atoms with van der Waals surface area (Å²) >= 11 is 0. The second-order valence-electron chi connectivity index (χ2n) is 8.46. The molecule has 2 fully saturated rings. The van der Waals surface area contributed by atoms with Crippen molar-refractivity contribution in [1.82, 2.24) is 15.5 Å². The summed E-state index contributed by atoms with van der Waals surface area (Å²) in [6.07, 6.45) is 3.03. The van der Waals surface area contributed by atoms with E-state index in [9.17, 15) is 18.0 Å². The Bertz CT molecular complexity index is 921. The zero-order valence-electron chi connectivity index (χ0n) is 17.8. The lowest BCUT2D eigenvalue weighted by atomic mass is 9.92. The van der Waals surface area contributed by atoms with Crippen LogP contribution in [0.1, 0.15) is 30.4 Å². The fourth-order valence-electron chi connectivity index (χ4n) is 3.99. The van der Waals surface area contributed by atoms with Gasteiger partial charge in [-0.15, -0.1) is 0 Å². The number of carbonyl (C=O) groups is 1. The van der Waals surface area contributed by atoms with Gasteiger partial charge in [-0.25, -0.2) is 13.6 Å². The van der Waals surface area contributed by atoms with Crippen molar-refractivity contribution in [2.24, 2.45) is 5.92 Å². The van der Waals surface area contributed by atoms with Crippen molar-refractivity contribution in [3.05, 3.63) is 65.2 Å². The molecule has 2 aliphatic rings. The van der Waals surface area contributed by atoms with E-state index in [1.807, 2.05) is 24.3 Å². The number of urea groups is 1. The van der Waals surface area contributed by atoms with Crippen molar-refractivity contribution < 1.29 is 22.7 Å². The molecule has 1 heterocycles. The van der Waals surface area contributed by atoms with Crippen LogP contribution in [-0.4, -0.2) is 42.8 Å². The van der Waals surface area contributed by atoms with Crippen molar-refractivity contribution in [3.8, 4) is 5.75 Å². The maximum atomic E-state index is 14.3. The maximum Gasteiger partial charge on any atom is 0.318 e. The van der Waals surface area contributed by atoms with Crippen LogP contribution in [0.4, 0.5) is 18.0 Å². The van der Waals surface area contributed by atoms with Gasteiger partial charge >= 0.3 is 6.03 Å². The van der Waals surface area contributed by atoms with Gasteiger partial charge < -0.3 is 20.3 Å². The van der Waals surface area contributed by atoms with Crippen molar-refractivity contribution in [2.75, 3.05) is 19.8 Å². The summed E-state index contributed by atoms with van der Waals surface area (Å²) in [4.78, 5) is 14.6. The van der Waals surface area contributed by atoms with Crippen LogP contribution >= 0.6 is 0 Å². The van der Waals surface area contributed by atoms with Crippen molar-refractivity contribution in [2.45, 2.75) is 44.5 Å². The number of ether oxygens (including phenoxy) is 1. The molecule has 2 aromatic carbocycles. The number of halogens is 3. The highest BCUT2D eigenvalue weighted by Gasteiger charge is 2.33.